The number of rotatable bonds is 5. The van der Waals surface area contributed by atoms with Crippen molar-refractivity contribution in [2.75, 3.05) is 13.7 Å². The molecular weight excluding hydrogens is 386 g/mol. The molecule has 29 heavy (non-hydrogen) atoms. The number of esters is 1. The molecule has 0 radical (unpaired) electrons. The summed E-state index contributed by atoms with van der Waals surface area (Å²) < 4.78 is 4.70. The summed E-state index contributed by atoms with van der Waals surface area (Å²) in [4.78, 5) is 34.9. The van der Waals surface area contributed by atoms with Crippen molar-refractivity contribution < 1.29 is 14.3 Å². The summed E-state index contributed by atoms with van der Waals surface area (Å²) in [7, 11) is 1.31. The van der Waals surface area contributed by atoms with Crippen LogP contribution in [-0.4, -0.2) is 46.6 Å². The molecule has 2 fully saturated rings. The number of methoxy groups -OCH3 is 1. The first-order valence-corrected chi connectivity index (χ1v) is 10.9. The van der Waals surface area contributed by atoms with E-state index in [9.17, 15) is 9.59 Å². The first-order valence-electron chi connectivity index (χ1n) is 10.1. The van der Waals surface area contributed by atoms with Crippen molar-refractivity contribution in [2.24, 2.45) is 4.99 Å². The number of hydrogen-bond acceptors (Lipinski definition) is 5. The standard InChI is InChI=1S/C22H25N3O3S/c1-28-20(26)13-19-21(27)25(22(29-19)24-16-7-3-2-4-8-16)12-11-15-14-23-18-10-6-5-9-17(15)18/h5-6,9-10,13-14,16,23H,2-4,7-8,11-12H2,1H3. The largest absolute Gasteiger partial charge is 0.466 e. The van der Waals surface area contributed by atoms with E-state index >= 15 is 0 Å². The molecule has 1 aliphatic heterocycles. The number of amidine groups is 1. The Morgan fingerprint density at radius 1 is 1.31 bits per heavy atom. The average molecular weight is 412 g/mol. The molecule has 0 atom stereocenters. The van der Waals surface area contributed by atoms with Gasteiger partial charge in [-0.25, -0.2) is 4.79 Å². The fraction of sp³-hybridized carbons (Fsp3) is 0.409. The van der Waals surface area contributed by atoms with Crippen LogP contribution < -0.4 is 0 Å². The number of carbonyl (C=O) groups excluding carboxylic acids is 2. The van der Waals surface area contributed by atoms with Gasteiger partial charge in [0.15, 0.2) is 5.17 Å². The maximum atomic E-state index is 13.0. The summed E-state index contributed by atoms with van der Waals surface area (Å²) in [6, 6.07) is 8.41. The number of nitrogens with one attached hydrogen (secondary N) is 1. The minimum Gasteiger partial charge on any atom is -0.466 e. The minimum absolute atomic E-state index is 0.171. The Morgan fingerprint density at radius 2 is 2.10 bits per heavy atom. The van der Waals surface area contributed by atoms with Gasteiger partial charge in [-0.05, 0) is 42.7 Å². The Labute approximate surface area is 174 Å². The first-order chi connectivity index (χ1) is 14.2. The highest BCUT2D eigenvalue weighted by atomic mass is 32.2. The zero-order valence-corrected chi connectivity index (χ0v) is 17.3. The number of ether oxygens (including phenoxy) is 1. The molecule has 6 nitrogen and oxygen atoms in total. The summed E-state index contributed by atoms with van der Waals surface area (Å²) in [5.74, 6) is -0.689. The van der Waals surface area contributed by atoms with Gasteiger partial charge in [-0.15, -0.1) is 0 Å². The van der Waals surface area contributed by atoms with Crippen LogP contribution in [0.15, 0.2) is 46.4 Å². The molecule has 152 valence electrons. The Balaban J connectivity index is 1.56. The number of H-pyrrole nitrogens is 1. The van der Waals surface area contributed by atoms with Crippen LogP contribution >= 0.6 is 11.8 Å². The predicted molar refractivity (Wildman–Crippen MR) is 116 cm³/mol. The molecular formula is C22H25N3O3S. The van der Waals surface area contributed by atoms with E-state index in [1.165, 1.54) is 55.2 Å². The number of para-hydroxylation sites is 1. The highest BCUT2D eigenvalue weighted by Crippen LogP contribution is 2.33. The SMILES string of the molecule is COC(=O)C=C1SC(=NC2CCCCC2)N(CCc2c[nH]c3ccccc23)C1=O. The molecule has 1 aromatic carbocycles. The minimum atomic E-state index is -0.517. The van der Waals surface area contributed by atoms with Gasteiger partial charge in [-0.3, -0.25) is 14.7 Å². The summed E-state index contributed by atoms with van der Waals surface area (Å²) in [5, 5.41) is 1.87. The number of hydrogen-bond donors (Lipinski definition) is 1. The van der Waals surface area contributed by atoms with Crippen LogP contribution in [0.25, 0.3) is 10.9 Å². The molecule has 0 unspecified atom stereocenters. The van der Waals surface area contributed by atoms with E-state index in [4.69, 9.17) is 9.73 Å². The molecule has 2 heterocycles. The summed E-state index contributed by atoms with van der Waals surface area (Å²) >= 11 is 1.28. The van der Waals surface area contributed by atoms with E-state index in [1.54, 1.807) is 4.90 Å². The van der Waals surface area contributed by atoms with Crippen LogP contribution in [-0.2, 0) is 20.7 Å². The van der Waals surface area contributed by atoms with Crippen LogP contribution in [0.3, 0.4) is 0 Å². The number of benzene rings is 1. The summed E-state index contributed by atoms with van der Waals surface area (Å²) in [5.41, 5.74) is 2.26. The summed E-state index contributed by atoms with van der Waals surface area (Å²) in [6.07, 6.45) is 9.73. The van der Waals surface area contributed by atoms with Gasteiger partial charge >= 0.3 is 5.97 Å². The fourth-order valence-electron chi connectivity index (χ4n) is 3.90. The quantitative estimate of drug-likeness (QED) is 0.595. The van der Waals surface area contributed by atoms with Gasteiger partial charge in [-0.2, -0.15) is 0 Å². The van der Waals surface area contributed by atoms with Crippen molar-refractivity contribution in [1.29, 1.82) is 0 Å². The smallest absolute Gasteiger partial charge is 0.331 e. The highest BCUT2D eigenvalue weighted by Gasteiger charge is 2.34. The number of aromatic nitrogens is 1. The van der Waals surface area contributed by atoms with Crippen molar-refractivity contribution >= 4 is 39.7 Å². The Hall–Kier alpha value is -2.54. The third kappa shape index (κ3) is 4.40. The maximum Gasteiger partial charge on any atom is 0.331 e. The lowest BCUT2D eigenvalue weighted by atomic mass is 9.96. The Bertz CT molecular complexity index is 973. The Morgan fingerprint density at radius 3 is 2.90 bits per heavy atom. The second kappa shape index (κ2) is 8.86. The van der Waals surface area contributed by atoms with E-state index in [2.05, 4.69) is 11.1 Å². The van der Waals surface area contributed by atoms with Gasteiger partial charge in [0.05, 0.1) is 18.1 Å². The molecule has 0 spiro atoms. The molecule has 1 saturated carbocycles. The third-order valence-electron chi connectivity index (χ3n) is 5.49. The average Bonchev–Trinajstić information content (AvgIpc) is 3.28. The monoisotopic (exact) mass is 411 g/mol. The van der Waals surface area contributed by atoms with Crippen molar-refractivity contribution in [3.05, 3.63) is 47.0 Å². The molecule has 1 aliphatic carbocycles. The van der Waals surface area contributed by atoms with Crippen LogP contribution in [0.4, 0.5) is 0 Å². The van der Waals surface area contributed by atoms with Gasteiger partial charge in [0.2, 0.25) is 0 Å². The van der Waals surface area contributed by atoms with Crippen LogP contribution in [0.1, 0.15) is 37.7 Å². The topological polar surface area (TPSA) is 74.8 Å². The maximum absolute atomic E-state index is 13.0. The van der Waals surface area contributed by atoms with E-state index in [0.717, 1.165) is 18.4 Å². The molecule has 1 N–H and O–H groups in total. The van der Waals surface area contributed by atoms with Crippen molar-refractivity contribution in [3.8, 4) is 0 Å². The van der Waals surface area contributed by atoms with E-state index in [1.807, 2.05) is 24.4 Å². The van der Waals surface area contributed by atoms with Crippen molar-refractivity contribution in [3.63, 3.8) is 0 Å². The van der Waals surface area contributed by atoms with Gasteiger partial charge < -0.3 is 9.72 Å². The molecule has 1 aromatic heterocycles. The summed E-state index contributed by atoms with van der Waals surface area (Å²) in [6.45, 7) is 0.526. The number of fused-ring (bicyclic) bond motifs is 1. The lowest BCUT2D eigenvalue weighted by Gasteiger charge is -2.21. The van der Waals surface area contributed by atoms with Gasteiger partial charge in [0.25, 0.3) is 5.91 Å². The lowest BCUT2D eigenvalue weighted by molar-refractivity contribution is -0.135. The van der Waals surface area contributed by atoms with Crippen LogP contribution in [0, 0.1) is 0 Å². The zero-order valence-electron chi connectivity index (χ0n) is 16.5. The number of amides is 1. The number of aromatic amines is 1. The van der Waals surface area contributed by atoms with E-state index in [-0.39, 0.29) is 11.9 Å². The highest BCUT2D eigenvalue weighted by molar-refractivity contribution is 8.18. The second-order valence-corrected chi connectivity index (χ2v) is 8.41. The van der Waals surface area contributed by atoms with Crippen molar-refractivity contribution in [1.82, 2.24) is 9.88 Å². The fourth-order valence-corrected chi connectivity index (χ4v) is 4.94. The van der Waals surface area contributed by atoms with E-state index in [0.29, 0.717) is 23.0 Å². The third-order valence-corrected chi connectivity index (χ3v) is 6.51. The molecule has 4 rings (SSSR count). The van der Waals surface area contributed by atoms with Gasteiger partial charge in [0, 0.05) is 29.7 Å². The lowest BCUT2D eigenvalue weighted by Crippen LogP contribution is -2.32. The second-order valence-electron chi connectivity index (χ2n) is 7.40. The van der Waals surface area contributed by atoms with Gasteiger partial charge in [-0.1, -0.05) is 37.5 Å². The molecule has 1 saturated heterocycles. The Kier molecular flexibility index (Phi) is 6.04. The normalized spacial score (nSPS) is 20.9. The molecule has 0 bridgehead atoms. The molecule has 2 aromatic rings. The zero-order chi connectivity index (χ0) is 20.2. The molecule has 2 aliphatic rings. The van der Waals surface area contributed by atoms with Gasteiger partial charge in [0.1, 0.15) is 0 Å². The van der Waals surface area contributed by atoms with Crippen LogP contribution in [0.5, 0.6) is 0 Å². The number of thioether (sulfide) groups is 1. The number of aliphatic imine (C=N–C) groups is 1. The predicted octanol–water partition coefficient (Wildman–Crippen LogP) is 4.03. The molecule has 1 amide bonds. The van der Waals surface area contributed by atoms with Crippen LogP contribution in [0.2, 0.25) is 0 Å². The van der Waals surface area contributed by atoms with E-state index < -0.39 is 5.97 Å². The number of nitrogens with zero attached hydrogens (tertiary/aromatic N) is 2. The number of carbonyl (C=O) groups is 2. The first kappa shape index (κ1) is 19.8. The molecule has 7 heteroatoms. The van der Waals surface area contributed by atoms with Crippen molar-refractivity contribution in [2.45, 2.75) is 44.6 Å².